The third-order valence-electron chi connectivity index (χ3n) is 4.93. The topological polar surface area (TPSA) is 98.2 Å². The number of carboxylic acid groups (broad SMARTS) is 2. The third-order valence-corrected chi connectivity index (χ3v) is 4.93. The summed E-state index contributed by atoms with van der Waals surface area (Å²) in [6, 6.07) is 0.790. The number of amides is 1. The van der Waals surface area contributed by atoms with Gasteiger partial charge in [-0.1, -0.05) is 20.8 Å². The fourth-order valence-electron chi connectivity index (χ4n) is 3.42. The number of rotatable bonds is 3. The van der Waals surface area contributed by atoms with Crippen molar-refractivity contribution >= 4 is 17.8 Å². The SMILES string of the molecule is CC(C)CC(=O)N1CCN(C2CCC(C)CC2)CC1.O=C(O)C(=O)O. The molecule has 0 unspecified atom stereocenters. The molecule has 2 rings (SSSR count). The molecule has 7 heteroatoms. The van der Waals surface area contributed by atoms with Crippen molar-refractivity contribution in [1.29, 1.82) is 0 Å². The number of nitrogens with zero attached hydrogens (tertiary/aromatic N) is 2. The zero-order chi connectivity index (χ0) is 19.0. The second-order valence-electron chi connectivity index (χ2n) is 7.54. The van der Waals surface area contributed by atoms with Gasteiger partial charge < -0.3 is 15.1 Å². The molecule has 2 aliphatic rings. The molecule has 1 heterocycles. The first-order valence-electron chi connectivity index (χ1n) is 9.18. The van der Waals surface area contributed by atoms with Crippen molar-refractivity contribution in [3.05, 3.63) is 0 Å². The Morgan fingerprint density at radius 1 is 0.920 bits per heavy atom. The van der Waals surface area contributed by atoms with E-state index < -0.39 is 11.9 Å². The molecule has 1 saturated carbocycles. The van der Waals surface area contributed by atoms with Gasteiger partial charge in [0.25, 0.3) is 0 Å². The number of carboxylic acids is 2. The molecule has 0 aromatic rings. The predicted octanol–water partition coefficient (Wildman–Crippen LogP) is 1.91. The average Bonchev–Trinajstić information content (AvgIpc) is 2.55. The monoisotopic (exact) mass is 356 g/mol. The second-order valence-corrected chi connectivity index (χ2v) is 7.54. The molecule has 0 bridgehead atoms. The summed E-state index contributed by atoms with van der Waals surface area (Å²) in [4.78, 5) is 34.9. The molecule has 0 atom stereocenters. The normalized spacial score (nSPS) is 24.4. The lowest BCUT2D eigenvalue weighted by molar-refractivity contribution is -0.159. The number of carbonyl (C=O) groups excluding carboxylic acids is 1. The first-order chi connectivity index (χ1) is 11.7. The zero-order valence-corrected chi connectivity index (χ0v) is 15.6. The molecule has 1 saturated heterocycles. The Bertz CT molecular complexity index is 438. The van der Waals surface area contributed by atoms with Crippen molar-refractivity contribution in [2.75, 3.05) is 26.2 Å². The number of carbonyl (C=O) groups is 3. The van der Waals surface area contributed by atoms with Crippen molar-refractivity contribution in [1.82, 2.24) is 9.80 Å². The van der Waals surface area contributed by atoms with Crippen molar-refractivity contribution in [3.63, 3.8) is 0 Å². The van der Waals surface area contributed by atoms with Crippen LogP contribution in [-0.2, 0) is 14.4 Å². The minimum absolute atomic E-state index is 0.354. The van der Waals surface area contributed by atoms with Gasteiger partial charge in [0.1, 0.15) is 0 Å². The molecule has 1 amide bonds. The van der Waals surface area contributed by atoms with E-state index in [0.717, 1.165) is 38.1 Å². The van der Waals surface area contributed by atoms with E-state index in [1.807, 2.05) is 0 Å². The van der Waals surface area contributed by atoms with Gasteiger partial charge in [-0.3, -0.25) is 9.69 Å². The quantitative estimate of drug-likeness (QED) is 0.750. The van der Waals surface area contributed by atoms with Gasteiger partial charge in [0.15, 0.2) is 0 Å². The highest BCUT2D eigenvalue weighted by molar-refractivity contribution is 6.27. The van der Waals surface area contributed by atoms with Crippen molar-refractivity contribution in [2.24, 2.45) is 11.8 Å². The summed E-state index contributed by atoms with van der Waals surface area (Å²) in [5, 5.41) is 14.8. The lowest BCUT2D eigenvalue weighted by atomic mass is 9.86. The van der Waals surface area contributed by atoms with Crippen LogP contribution in [0.15, 0.2) is 0 Å². The van der Waals surface area contributed by atoms with E-state index in [9.17, 15) is 4.79 Å². The Morgan fingerprint density at radius 2 is 1.40 bits per heavy atom. The fourth-order valence-corrected chi connectivity index (χ4v) is 3.42. The van der Waals surface area contributed by atoms with Gasteiger partial charge in [0, 0.05) is 38.6 Å². The molecule has 144 valence electrons. The van der Waals surface area contributed by atoms with E-state index >= 15 is 0 Å². The van der Waals surface area contributed by atoms with Crippen molar-refractivity contribution in [2.45, 2.75) is 58.9 Å². The maximum absolute atomic E-state index is 12.0. The van der Waals surface area contributed by atoms with E-state index in [1.54, 1.807) is 0 Å². The molecule has 1 aliphatic heterocycles. The van der Waals surface area contributed by atoms with Crippen LogP contribution < -0.4 is 0 Å². The van der Waals surface area contributed by atoms with Gasteiger partial charge in [0.05, 0.1) is 0 Å². The molecule has 0 aromatic carbocycles. The molecule has 7 nitrogen and oxygen atoms in total. The predicted molar refractivity (Wildman–Crippen MR) is 94.3 cm³/mol. The van der Waals surface area contributed by atoms with E-state index in [2.05, 4.69) is 30.6 Å². The van der Waals surface area contributed by atoms with Crippen LogP contribution in [0.4, 0.5) is 0 Å². The van der Waals surface area contributed by atoms with Crippen LogP contribution in [0.25, 0.3) is 0 Å². The van der Waals surface area contributed by atoms with Crippen LogP contribution in [0.3, 0.4) is 0 Å². The molecular weight excluding hydrogens is 324 g/mol. The van der Waals surface area contributed by atoms with E-state index in [1.165, 1.54) is 25.7 Å². The zero-order valence-electron chi connectivity index (χ0n) is 15.6. The summed E-state index contributed by atoms with van der Waals surface area (Å²) in [6.45, 7) is 10.7. The summed E-state index contributed by atoms with van der Waals surface area (Å²) >= 11 is 0. The van der Waals surface area contributed by atoms with E-state index in [4.69, 9.17) is 19.8 Å². The Hall–Kier alpha value is -1.63. The molecule has 0 spiro atoms. The molecule has 0 radical (unpaired) electrons. The molecular formula is C18H32N2O5. The van der Waals surface area contributed by atoms with Crippen LogP contribution in [0.5, 0.6) is 0 Å². The van der Waals surface area contributed by atoms with Gasteiger partial charge in [-0.05, 0) is 37.5 Å². The maximum Gasteiger partial charge on any atom is 0.414 e. The number of hydrogen-bond donors (Lipinski definition) is 2. The Morgan fingerprint density at radius 3 is 1.80 bits per heavy atom. The first kappa shape index (κ1) is 21.4. The average molecular weight is 356 g/mol. The second kappa shape index (κ2) is 10.4. The molecule has 0 aromatic heterocycles. The molecule has 2 N–H and O–H groups in total. The van der Waals surface area contributed by atoms with Crippen LogP contribution in [0.1, 0.15) is 52.9 Å². The van der Waals surface area contributed by atoms with Crippen LogP contribution >= 0.6 is 0 Å². The largest absolute Gasteiger partial charge is 0.473 e. The van der Waals surface area contributed by atoms with E-state index in [0.29, 0.717) is 18.2 Å². The number of aliphatic carboxylic acids is 2. The van der Waals surface area contributed by atoms with Gasteiger partial charge in [0.2, 0.25) is 5.91 Å². The smallest absolute Gasteiger partial charge is 0.414 e. The summed E-state index contributed by atoms with van der Waals surface area (Å²) in [5.41, 5.74) is 0. The summed E-state index contributed by atoms with van der Waals surface area (Å²) < 4.78 is 0. The Balaban J connectivity index is 0.000000450. The summed E-state index contributed by atoms with van der Waals surface area (Å²) in [7, 11) is 0. The lowest BCUT2D eigenvalue weighted by Gasteiger charge is -2.41. The highest BCUT2D eigenvalue weighted by Crippen LogP contribution is 2.27. The summed E-state index contributed by atoms with van der Waals surface area (Å²) in [5.74, 6) is -1.90. The van der Waals surface area contributed by atoms with Crippen molar-refractivity contribution in [3.8, 4) is 0 Å². The lowest BCUT2D eigenvalue weighted by Crippen LogP contribution is -2.52. The van der Waals surface area contributed by atoms with Crippen LogP contribution in [0.2, 0.25) is 0 Å². The van der Waals surface area contributed by atoms with Crippen LogP contribution in [0, 0.1) is 11.8 Å². The number of piperazine rings is 1. The molecule has 1 aliphatic carbocycles. The van der Waals surface area contributed by atoms with Crippen molar-refractivity contribution < 1.29 is 24.6 Å². The summed E-state index contributed by atoms with van der Waals surface area (Å²) in [6.07, 6.45) is 6.21. The highest BCUT2D eigenvalue weighted by Gasteiger charge is 2.28. The minimum Gasteiger partial charge on any atom is -0.473 e. The third kappa shape index (κ3) is 7.86. The Kier molecular flexibility index (Phi) is 8.89. The highest BCUT2D eigenvalue weighted by atomic mass is 16.4. The fraction of sp³-hybridized carbons (Fsp3) is 0.833. The van der Waals surface area contributed by atoms with Gasteiger partial charge in [-0.2, -0.15) is 0 Å². The molecule has 2 fully saturated rings. The first-order valence-corrected chi connectivity index (χ1v) is 9.18. The van der Waals surface area contributed by atoms with Gasteiger partial charge in [-0.25, -0.2) is 9.59 Å². The molecule has 25 heavy (non-hydrogen) atoms. The number of hydrogen-bond acceptors (Lipinski definition) is 4. The van der Waals surface area contributed by atoms with E-state index in [-0.39, 0.29) is 0 Å². The van der Waals surface area contributed by atoms with Gasteiger partial charge >= 0.3 is 11.9 Å². The Labute approximate surface area is 150 Å². The van der Waals surface area contributed by atoms with Gasteiger partial charge in [-0.15, -0.1) is 0 Å². The minimum atomic E-state index is -1.82. The maximum atomic E-state index is 12.0. The standard InChI is InChI=1S/C16H30N2O.C2H2O4/c1-13(2)12-16(19)18-10-8-17(9-11-18)15-6-4-14(3)5-7-15;3-1(4)2(5)6/h13-15H,4-12H2,1-3H3;(H,3,4)(H,5,6). The van der Waals surface area contributed by atoms with Crippen LogP contribution in [-0.4, -0.2) is 70.1 Å².